The summed E-state index contributed by atoms with van der Waals surface area (Å²) >= 11 is 0. The van der Waals surface area contributed by atoms with Crippen molar-refractivity contribution >= 4 is 34.1 Å². The van der Waals surface area contributed by atoms with Crippen LogP contribution in [0.15, 0.2) is 127 Å². The number of ether oxygens (including phenoxy) is 2. The predicted molar refractivity (Wildman–Crippen MR) is 185 cm³/mol. The van der Waals surface area contributed by atoms with E-state index in [9.17, 15) is 15.3 Å². The third-order valence-corrected chi connectivity index (χ3v) is 7.45. The molecule has 46 heavy (non-hydrogen) atoms. The first kappa shape index (κ1) is 32.4. The third-order valence-electron chi connectivity index (χ3n) is 7.45. The lowest BCUT2D eigenvalue weighted by Crippen LogP contribution is -2.34. The van der Waals surface area contributed by atoms with Crippen LogP contribution in [0.3, 0.4) is 0 Å². The molecule has 8 nitrogen and oxygen atoms in total. The Kier molecular flexibility index (Phi) is 8.99. The van der Waals surface area contributed by atoms with E-state index in [0.29, 0.717) is 45.7 Å². The molecule has 0 aromatic heterocycles. The Morgan fingerprint density at radius 3 is 1.59 bits per heavy atom. The highest BCUT2D eigenvalue weighted by molar-refractivity contribution is 5.76. The smallest absolute Gasteiger partial charge is 0.205 e. The fourth-order valence-electron chi connectivity index (χ4n) is 5.09. The fourth-order valence-corrected chi connectivity index (χ4v) is 5.09. The molecular formula is C38H39N3O5. The Labute approximate surface area is 270 Å². The van der Waals surface area contributed by atoms with Gasteiger partial charge in [0.2, 0.25) is 5.69 Å². The van der Waals surface area contributed by atoms with Gasteiger partial charge in [0.05, 0.1) is 0 Å². The molecule has 1 unspecified atom stereocenters. The zero-order chi connectivity index (χ0) is 33.1. The van der Waals surface area contributed by atoms with Crippen molar-refractivity contribution in [2.75, 3.05) is 5.06 Å². The van der Waals surface area contributed by atoms with Crippen molar-refractivity contribution in [1.29, 1.82) is 0 Å². The van der Waals surface area contributed by atoms with Crippen LogP contribution >= 0.6 is 0 Å². The maximum Gasteiger partial charge on any atom is 0.205 e. The maximum absolute atomic E-state index is 13.0. The fraction of sp³-hybridized carbons (Fsp3) is 0.211. The molecule has 1 N–H and O–H groups in total. The second kappa shape index (κ2) is 12.8. The minimum absolute atomic E-state index is 0.00524. The summed E-state index contributed by atoms with van der Waals surface area (Å²) in [5.41, 5.74) is 3.15. The number of nitrogens with zero attached hydrogens (tertiary/aromatic N) is 3. The second-order valence-corrected chi connectivity index (χ2v) is 13.1. The Hall–Kier alpha value is -5.02. The zero-order valence-corrected chi connectivity index (χ0v) is 27.0. The summed E-state index contributed by atoms with van der Waals surface area (Å²) in [4.78, 5) is 11.8. The van der Waals surface area contributed by atoms with Crippen LogP contribution in [0.4, 0.5) is 34.1 Å². The monoisotopic (exact) mass is 617 g/mol. The van der Waals surface area contributed by atoms with Crippen LogP contribution in [0.1, 0.15) is 47.1 Å². The van der Waals surface area contributed by atoms with Crippen LogP contribution < -0.4 is 19.2 Å². The molecule has 0 fully saturated rings. The van der Waals surface area contributed by atoms with Gasteiger partial charge in [0.15, 0.2) is 17.1 Å². The number of para-hydroxylation sites is 1. The van der Waals surface area contributed by atoms with Crippen molar-refractivity contribution in [3.8, 4) is 17.2 Å². The standard InChI is InChI=1S/C38H39N3O5/c1-37(2,3)27-11-13-28(14-12-27)40(43)29-15-21-32(22-16-29)45-33-23-17-30(18-24-33)41(44,36-10-8-7-9-35(36)39-42)31-19-25-34(26-20-31)46-38(4,5)6/h7-26,44H,1-6H3. The van der Waals surface area contributed by atoms with Gasteiger partial charge >= 0.3 is 0 Å². The van der Waals surface area contributed by atoms with Gasteiger partial charge in [-0.05, 0) is 104 Å². The summed E-state index contributed by atoms with van der Waals surface area (Å²) in [7, 11) is 0. The molecule has 0 bridgehead atoms. The number of nitroso groups, excluding NO2 is 1. The molecule has 236 valence electrons. The summed E-state index contributed by atoms with van der Waals surface area (Å²) < 4.78 is 11.2. The number of benzene rings is 5. The van der Waals surface area contributed by atoms with E-state index in [4.69, 9.17) is 9.47 Å². The van der Waals surface area contributed by atoms with Crippen LogP contribution in [-0.4, -0.2) is 10.8 Å². The average molecular weight is 618 g/mol. The third kappa shape index (κ3) is 7.10. The molecule has 0 saturated carbocycles. The number of hydrogen-bond donors (Lipinski definition) is 1. The largest absolute Gasteiger partial charge is 0.754 e. The highest BCUT2D eigenvalue weighted by Gasteiger charge is 2.38. The maximum atomic E-state index is 13.0. The Bertz CT molecular complexity index is 1770. The summed E-state index contributed by atoms with van der Waals surface area (Å²) in [5, 5.41) is 29.3. The van der Waals surface area contributed by atoms with Crippen LogP contribution in [0.2, 0.25) is 0 Å². The zero-order valence-electron chi connectivity index (χ0n) is 27.0. The summed E-state index contributed by atoms with van der Waals surface area (Å²) in [6.07, 6.45) is 0. The first-order valence-electron chi connectivity index (χ1n) is 15.1. The highest BCUT2D eigenvalue weighted by atomic mass is 16.5. The molecule has 5 aromatic rings. The molecule has 0 spiro atoms. The van der Waals surface area contributed by atoms with Gasteiger partial charge in [-0.3, -0.25) is 0 Å². The minimum atomic E-state index is -0.803. The molecule has 5 rings (SSSR count). The summed E-state index contributed by atoms with van der Waals surface area (Å²) in [6, 6.07) is 35.2. The van der Waals surface area contributed by atoms with Crippen molar-refractivity contribution in [3.05, 3.63) is 137 Å². The van der Waals surface area contributed by atoms with E-state index in [2.05, 4.69) is 25.9 Å². The van der Waals surface area contributed by atoms with Crippen molar-refractivity contribution in [2.45, 2.75) is 52.6 Å². The van der Waals surface area contributed by atoms with Crippen molar-refractivity contribution in [3.63, 3.8) is 0 Å². The van der Waals surface area contributed by atoms with Crippen LogP contribution in [-0.2, 0) is 5.41 Å². The van der Waals surface area contributed by atoms with Gasteiger partial charge in [-0.1, -0.05) is 49.7 Å². The molecule has 0 amide bonds. The van der Waals surface area contributed by atoms with Crippen LogP contribution in [0.25, 0.3) is 0 Å². The number of hydrogen-bond acceptors (Lipinski definition) is 7. The predicted octanol–water partition coefficient (Wildman–Crippen LogP) is 11.3. The quantitative estimate of drug-likeness (QED) is 0.100. The van der Waals surface area contributed by atoms with E-state index in [0.717, 1.165) is 10.6 Å². The topological polar surface area (TPSA) is 94.4 Å². The van der Waals surface area contributed by atoms with Gasteiger partial charge in [0, 0.05) is 41.7 Å². The minimum Gasteiger partial charge on any atom is -0.754 e. The first-order chi connectivity index (χ1) is 21.8. The number of quaternary nitrogens is 1. The molecule has 0 aliphatic heterocycles. The molecule has 1 atom stereocenters. The van der Waals surface area contributed by atoms with E-state index in [1.165, 1.54) is 0 Å². The van der Waals surface area contributed by atoms with E-state index in [1.807, 2.05) is 45.0 Å². The number of rotatable bonds is 9. The summed E-state index contributed by atoms with van der Waals surface area (Å²) in [6.45, 7) is 12.3. The lowest BCUT2D eigenvalue weighted by Gasteiger charge is -2.31. The lowest BCUT2D eigenvalue weighted by atomic mass is 9.87. The van der Waals surface area contributed by atoms with Gasteiger partial charge in [0.1, 0.15) is 22.8 Å². The van der Waals surface area contributed by atoms with Crippen LogP contribution in [0.5, 0.6) is 17.2 Å². The van der Waals surface area contributed by atoms with Crippen molar-refractivity contribution in [2.24, 2.45) is 5.18 Å². The molecule has 0 aliphatic rings. The Balaban J connectivity index is 1.38. The highest BCUT2D eigenvalue weighted by Crippen LogP contribution is 2.47. The molecule has 5 aromatic carbocycles. The van der Waals surface area contributed by atoms with Gasteiger partial charge in [-0.25, -0.2) is 5.21 Å². The van der Waals surface area contributed by atoms with Gasteiger partial charge in [-0.15, -0.1) is 4.91 Å². The summed E-state index contributed by atoms with van der Waals surface area (Å²) in [5.74, 6) is 1.72. The van der Waals surface area contributed by atoms with Crippen molar-refractivity contribution in [1.82, 2.24) is 4.65 Å². The molecule has 0 saturated heterocycles. The lowest BCUT2D eigenvalue weighted by molar-refractivity contribution is 0.0354. The Morgan fingerprint density at radius 2 is 1.11 bits per heavy atom. The molecule has 0 heterocycles. The molecule has 0 radical (unpaired) electrons. The Morgan fingerprint density at radius 1 is 0.652 bits per heavy atom. The molecule has 0 aliphatic carbocycles. The van der Waals surface area contributed by atoms with Crippen LogP contribution in [0, 0.1) is 10.1 Å². The van der Waals surface area contributed by atoms with E-state index in [-0.39, 0.29) is 16.7 Å². The van der Waals surface area contributed by atoms with E-state index in [1.54, 1.807) is 97.1 Å². The average Bonchev–Trinajstić information content (AvgIpc) is 3.04. The molecule has 8 heteroatoms. The second-order valence-electron chi connectivity index (χ2n) is 13.1. The first-order valence-corrected chi connectivity index (χ1v) is 15.1. The van der Waals surface area contributed by atoms with E-state index >= 15 is 0 Å². The van der Waals surface area contributed by atoms with Gasteiger partial charge in [-0.2, -0.15) is 0 Å². The van der Waals surface area contributed by atoms with Crippen molar-refractivity contribution < 1.29 is 14.7 Å². The van der Waals surface area contributed by atoms with Gasteiger partial charge in [0.25, 0.3) is 0 Å². The normalized spacial score (nSPS) is 13.0. The van der Waals surface area contributed by atoms with E-state index < -0.39 is 4.65 Å². The molecular weight excluding hydrogens is 578 g/mol. The van der Waals surface area contributed by atoms with Gasteiger partial charge < -0.3 is 19.7 Å². The number of anilines is 2. The SMILES string of the molecule is CC(C)(C)Oc1ccc([N+](O)(c2ccc(Oc3ccc(N([O-])c4ccc(C(C)(C)C)cc4)cc3)cc2)c2ccccc2N=O)cc1.